The van der Waals surface area contributed by atoms with Gasteiger partial charge in [0.05, 0.1) is 19.6 Å². The highest BCUT2D eigenvalue weighted by Gasteiger charge is 2.17. The molecule has 5 heteroatoms. The van der Waals surface area contributed by atoms with E-state index in [9.17, 15) is 5.11 Å². The Hall–Kier alpha value is -1.85. The zero-order valence-corrected chi connectivity index (χ0v) is 13.0. The van der Waals surface area contributed by atoms with Crippen molar-refractivity contribution in [1.82, 2.24) is 4.98 Å². The predicted molar refractivity (Wildman–Crippen MR) is 83.4 cm³/mol. The number of methoxy groups -OCH3 is 1. The summed E-state index contributed by atoms with van der Waals surface area (Å²) in [5, 5.41) is 10.4. The molecular weight excluding hydrogens is 334 g/mol. The van der Waals surface area contributed by atoms with Crippen LogP contribution < -0.4 is 4.74 Å². The van der Waals surface area contributed by atoms with Gasteiger partial charge in [0.1, 0.15) is 11.3 Å². The highest BCUT2D eigenvalue weighted by Crippen LogP contribution is 2.30. The molecule has 0 saturated carbocycles. The second-order valence-corrected chi connectivity index (χ2v) is 5.60. The molecule has 0 aliphatic heterocycles. The van der Waals surface area contributed by atoms with Gasteiger partial charge in [0.2, 0.25) is 0 Å². The third-order valence-electron chi connectivity index (χ3n) is 3.26. The van der Waals surface area contributed by atoms with Gasteiger partial charge >= 0.3 is 0 Å². The standard InChI is InChI=1S/C16H14BrNO3/c1-20-15-8-10(17)6-7-11(15)13(19)9-16-18-12-4-2-3-5-14(12)21-16/h2-8,13,19H,9H2,1H3. The van der Waals surface area contributed by atoms with Crippen LogP contribution in [0.5, 0.6) is 5.75 Å². The van der Waals surface area contributed by atoms with Crippen molar-refractivity contribution in [3.63, 3.8) is 0 Å². The number of benzene rings is 2. The number of ether oxygens (including phenoxy) is 1. The lowest BCUT2D eigenvalue weighted by atomic mass is 10.1. The van der Waals surface area contributed by atoms with Crippen molar-refractivity contribution in [1.29, 1.82) is 0 Å². The van der Waals surface area contributed by atoms with E-state index in [-0.39, 0.29) is 0 Å². The number of aromatic nitrogens is 1. The van der Waals surface area contributed by atoms with Crippen molar-refractivity contribution >= 4 is 27.0 Å². The molecule has 1 atom stereocenters. The fraction of sp³-hybridized carbons (Fsp3) is 0.188. The van der Waals surface area contributed by atoms with E-state index in [2.05, 4.69) is 20.9 Å². The van der Waals surface area contributed by atoms with Crippen molar-refractivity contribution in [2.45, 2.75) is 12.5 Å². The molecule has 1 heterocycles. The van der Waals surface area contributed by atoms with Crippen molar-refractivity contribution in [3.05, 3.63) is 58.4 Å². The number of hydrogen-bond donors (Lipinski definition) is 1. The fourth-order valence-corrected chi connectivity index (χ4v) is 2.58. The number of rotatable bonds is 4. The lowest BCUT2D eigenvalue weighted by Crippen LogP contribution is -2.04. The SMILES string of the molecule is COc1cc(Br)ccc1C(O)Cc1nc2ccccc2o1. The molecule has 0 fully saturated rings. The Morgan fingerprint density at radius 3 is 2.86 bits per heavy atom. The number of aliphatic hydroxyl groups excluding tert-OH is 1. The molecule has 2 aromatic carbocycles. The van der Waals surface area contributed by atoms with E-state index in [1.165, 1.54) is 0 Å². The lowest BCUT2D eigenvalue weighted by Gasteiger charge is -2.13. The Balaban J connectivity index is 1.87. The summed E-state index contributed by atoms with van der Waals surface area (Å²) in [5.74, 6) is 1.14. The number of halogens is 1. The molecular formula is C16H14BrNO3. The minimum Gasteiger partial charge on any atom is -0.496 e. The van der Waals surface area contributed by atoms with Crippen LogP contribution >= 0.6 is 15.9 Å². The molecule has 1 unspecified atom stereocenters. The number of fused-ring (bicyclic) bond motifs is 1. The summed E-state index contributed by atoms with van der Waals surface area (Å²) in [7, 11) is 1.58. The zero-order valence-electron chi connectivity index (χ0n) is 11.4. The van der Waals surface area contributed by atoms with Crippen molar-refractivity contribution in [2.75, 3.05) is 7.11 Å². The van der Waals surface area contributed by atoms with Gasteiger partial charge in [-0.3, -0.25) is 0 Å². The van der Waals surface area contributed by atoms with Crippen LogP contribution in [-0.4, -0.2) is 17.2 Å². The molecule has 0 radical (unpaired) electrons. The van der Waals surface area contributed by atoms with Gasteiger partial charge in [0.15, 0.2) is 11.5 Å². The fourth-order valence-electron chi connectivity index (χ4n) is 2.24. The monoisotopic (exact) mass is 347 g/mol. The normalized spacial score (nSPS) is 12.5. The Kier molecular flexibility index (Phi) is 3.94. The summed E-state index contributed by atoms with van der Waals surface area (Å²) < 4.78 is 11.8. The van der Waals surface area contributed by atoms with Crippen LogP contribution in [-0.2, 0) is 6.42 Å². The number of aliphatic hydroxyl groups is 1. The second-order valence-electron chi connectivity index (χ2n) is 4.68. The first-order valence-corrected chi connectivity index (χ1v) is 7.32. The summed E-state index contributed by atoms with van der Waals surface area (Å²) >= 11 is 3.38. The second kappa shape index (κ2) is 5.87. The quantitative estimate of drug-likeness (QED) is 0.778. The first-order valence-electron chi connectivity index (χ1n) is 6.53. The third kappa shape index (κ3) is 2.94. The molecule has 108 valence electrons. The van der Waals surface area contributed by atoms with Crippen LogP contribution in [0.4, 0.5) is 0 Å². The van der Waals surface area contributed by atoms with Gasteiger partial charge in [-0.15, -0.1) is 0 Å². The largest absolute Gasteiger partial charge is 0.496 e. The van der Waals surface area contributed by atoms with Crippen LogP contribution in [0.15, 0.2) is 51.4 Å². The molecule has 0 spiro atoms. The zero-order chi connectivity index (χ0) is 14.8. The molecule has 0 saturated heterocycles. The molecule has 3 aromatic rings. The smallest absolute Gasteiger partial charge is 0.198 e. The minimum atomic E-state index is -0.735. The highest BCUT2D eigenvalue weighted by atomic mass is 79.9. The molecule has 0 aliphatic rings. The van der Waals surface area contributed by atoms with Crippen molar-refractivity contribution in [2.24, 2.45) is 0 Å². The van der Waals surface area contributed by atoms with E-state index in [1.807, 2.05) is 42.5 Å². The summed E-state index contributed by atoms with van der Waals surface area (Å²) in [4.78, 5) is 4.37. The van der Waals surface area contributed by atoms with Crippen LogP contribution in [0.3, 0.4) is 0 Å². The molecule has 0 bridgehead atoms. The average molecular weight is 348 g/mol. The maximum atomic E-state index is 10.4. The first-order chi connectivity index (χ1) is 10.2. The van der Waals surface area contributed by atoms with Crippen LogP contribution in [0.1, 0.15) is 17.6 Å². The van der Waals surface area contributed by atoms with Crippen molar-refractivity contribution < 1.29 is 14.3 Å². The molecule has 1 N–H and O–H groups in total. The molecule has 0 aliphatic carbocycles. The number of hydrogen-bond acceptors (Lipinski definition) is 4. The average Bonchev–Trinajstić information content (AvgIpc) is 2.88. The Bertz CT molecular complexity index is 736. The van der Waals surface area contributed by atoms with Gasteiger partial charge in [0, 0.05) is 10.0 Å². The van der Waals surface area contributed by atoms with E-state index in [1.54, 1.807) is 7.11 Å². The van der Waals surface area contributed by atoms with Gasteiger partial charge in [-0.1, -0.05) is 34.1 Å². The van der Waals surface area contributed by atoms with E-state index in [4.69, 9.17) is 9.15 Å². The van der Waals surface area contributed by atoms with Crippen molar-refractivity contribution in [3.8, 4) is 5.75 Å². The highest BCUT2D eigenvalue weighted by molar-refractivity contribution is 9.10. The molecule has 0 amide bonds. The van der Waals surface area contributed by atoms with E-state index in [0.29, 0.717) is 23.6 Å². The number of oxazole rings is 1. The van der Waals surface area contributed by atoms with E-state index >= 15 is 0 Å². The molecule has 1 aromatic heterocycles. The lowest BCUT2D eigenvalue weighted by molar-refractivity contribution is 0.165. The van der Waals surface area contributed by atoms with Gasteiger partial charge in [-0.25, -0.2) is 4.98 Å². The van der Waals surface area contributed by atoms with Gasteiger partial charge < -0.3 is 14.3 Å². The Morgan fingerprint density at radius 2 is 2.10 bits per heavy atom. The number of nitrogens with zero attached hydrogens (tertiary/aromatic N) is 1. The summed E-state index contributed by atoms with van der Waals surface area (Å²) in [6, 6.07) is 13.1. The van der Waals surface area contributed by atoms with Gasteiger partial charge in [0.25, 0.3) is 0 Å². The maximum absolute atomic E-state index is 10.4. The summed E-state index contributed by atoms with van der Waals surface area (Å²) in [6.07, 6.45) is -0.437. The van der Waals surface area contributed by atoms with Gasteiger partial charge in [-0.2, -0.15) is 0 Å². The summed E-state index contributed by atoms with van der Waals surface area (Å²) in [6.45, 7) is 0. The first kappa shape index (κ1) is 14.1. The topological polar surface area (TPSA) is 55.5 Å². The van der Waals surface area contributed by atoms with E-state index in [0.717, 1.165) is 15.6 Å². The van der Waals surface area contributed by atoms with Crippen LogP contribution in [0, 0.1) is 0 Å². The Morgan fingerprint density at radius 1 is 1.29 bits per heavy atom. The molecule has 3 rings (SSSR count). The maximum Gasteiger partial charge on any atom is 0.198 e. The molecule has 21 heavy (non-hydrogen) atoms. The Labute approximate surface area is 130 Å². The predicted octanol–water partition coefficient (Wildman–Crippen LogP) is 3.88. The van der Waals surface area contributed by atoms with Crippen LogP contribution in [0.25, 0.3) is 11.1 Å². The summed E-state index contributed by atoms with van der Waals surface area (Å²) in [5.41, 5.74) is 2.23. The van der Waals surface area contributed by atoms with E-state index < -0.39 is 6.10 Å². The number of para-hydroxylation sites is 2. The third-order valence-corrected chi connectivity index (χ3v) is 3.75. The minimum absolute atomic E-state index is 0.298. The van der Waals surface area contributed by atoms with Crippen LogP contribution in [0.2, 0.25) is 0 Å². The van der Waals surface area contributed by atoms with Gasteiger partial charge in [-0.05, 0) is 24.3 Å². The molecule has 4 nitrogen and oxygen atoms in total.